The standard InChI is InChI=1S/C18H27N3OS.2ClH/c1-14-15(13-21-8-10-23-11-9-21)4-2-6-17(14)20-18(22)12-16-5-3-7-19-16;;/h2,4,6,16,19H,3,5,7-13H2,1H3,(H,20,22);2*1H. The van der Waals surface area contributed by atoms with Crippen molar-refractivity contribution >= 4 is 48.2 Å². The van der Waals surface area contributed by atoms with Crippen LogP contribution in [0.4, 0.5) is 5.69 Å². The molecule has 7 heteroatoms. The Morgan fingerprint density at radius 3 is 2.76 bits per heavy atom. The van der Waals surface area contributed by atoms with Gasteiger partial charge in [-0.15, -0.1) is 24.8 Å². The largest absolute Gasteiger partial charge is 0.326 e. The number of nitrogens with zero attached hydrogens (tertiary/aromatic N) is 1. The molecule has 2 heterocycles. The number of hydrogen-bond donors (Lipinski definition) is 2. The summed E-state index contributed by atoms with van der Waals surface area (Å²) < 4.78 is 0. The minimum absolute atomic E-state index is 0. The maximum atomic E-state index is 12.3. The quantitative estimate of drug-likeness (QED) is 0.786. The van der Waals surface area contributed by atoms with Crippen LogP contribution in [0.3, 0.4) is 0 Å². The third-order valence-corrected chi connectivity index (χ3v) is 5.75. The average molecular weight is 406 g/mol. The van der Waals surface area contributed by atoms with Gasteiger partial charge in [-0.3, -0.25) is 9.69 Å². The zero-order valence-corrected chi connectivity index (χ0v) is 17.2. The SMILES string of the molecule is Cc1c(CN2CCSCC2)cccc1NC(=O)CC1CCCN1.Cl.Cl. The Morgan fingerprint density at radius 1 is 1.32 bits per heavy atom. The van der Waals surface area contributed by atoms with Gasteiger partial charge in [0.2, 0.25) is 5.91 Å². The number of nitrogens with one attached hydrogen (secondary N) is 2. The molecule has 3 rings (SSSR count). The molecule has 0 radical (unpaired) electrons. The Bertz CT molecular complexity index is 547. The molecule has 4 nitrogen and oxygen atoms in total. The number of amides is 1. The van der Waals surface area contributed by atoms with Gasteiger partial charge < -0.3 is 10.6 Å². The van der Waals surface area contributed by atoms with Crippen molar-refractivity contribution in [1.29, 1.82) is 0 Å². The highest BCUT2D eigenvalue weighted by molar-refractivity contribution is 7.99. The Kier molecular flexibility index (Phi) is 10.2. The van der Waals surface area contributed by atoms with Gasteiger partial charge >= 0.3 is 0 Å². The Hall–Kier alpha value is -0.460. The Balaban J connectivity index is 0.00000156. The van der Waals surface area contributed by atoms with Crippen LogP contribution in [0.1, 0.15) is 30.4 Å². The predicted molar refractivity (Wildman–Crippen MR) is 113 cm³/mol. The van der Waals surface area contributed by atoms with Crippen molar-refractivity contribution in [2.75, 3.05) is 36.5 Å². The van der Waals surface area contributed by atoms with E-state index in [1.807, 2.05) is 17.8 Å². The summed E-state index contributed by atoms with van der Waals surface area (Å²) in [4.78, 5) is 14.8. The molecule has 1 atom stereocenters. The summed E-state index contributed by atoms with van der Waals surface area (Å²) in [6, 6.07) is 6.62. The van der Waals surface area contributed by atoms with Crippen LogP contribution >= 0.6 is 36.6 Å². The van der Waals surface area contributed by atoms with Crippen LogP contribution in [-0.4, -0.2) is 48.0 Å². The fourth-order valence-corrected chi connectivity index (χ4v) is 4.33. The van der Waals surface area contributed by atoms with Crippen molar-refractivity contribution in [1.82, 2.24) is 10.2 Å². The highest BCUT2D eigenvalue weighted by atomic mass is 35.5. The Labute approximate surface area is 167 Å². The van der Waals surface area contributed by atoms with Crippen molar-refractivity contribution < 1.29 is 4.79 Å². The second kappa shape index (κ2) is 11.3. The molecule has 1 aromatic rings. The van der Waals surface area contributed by atoms with E-state index in [1.54, 1.807) is 0 Å². The van der Waals surface area contributed by atoms with Crippen molar-refractivity contribution in [2.24, 2.45) is 0 Å². The molecule has 2 fully saturated rings. The van der Waals surface area contributed by atoms with Crippen LogP contribution in [0.2, 0.25) is 0 Å². The molecular weight excluding hydrogens is 377 g/mol. The van der Waals surface area contributed by atoms with Crippen LogP contribution in [0.15, 0.2) is 18.2 Å². The van der Waals surface area contributed by atoms with Gasteiger partial charge in [-0.1, -0.05) is 12.1 Å². The number of thioether (sulfide) groups is 1. The van der Waals surface area contributed by atoms with Gasteiger partial charge in [-0.2, -0.15) is 11.8 Å². The molecule has 2 aliphatic rings. The fraction of sp³-hybridized carbons (Fsp3) is 0.611. The summed E-state index contributed by atoms with van der Waals surface area (Å²) >= 11 is 2.04. The van der Waals surface area contributed by atoms with E-state index in [-0.39, 0.29) is 30.7 Å². The molecule has 1 aromatic carbocycles. The van der Waals surface area contributed by atoms with E-state index in [2.05, 4.69) is 34.6 Å². The number of anilines is 1. The number of carbonyl (C=O) groups is 1. The van der Waals surface area contributed by atoms with Crippen molar-refractivity contribution in [3.8, 4) is 0 Å². The molecule has 0 saturated carbocycles. The van der Waals surface area contributed by atoms with Gasteiger partial charge in [-0.25, -0.2) is 0 Å². The smallest absolute Gasteiger partial charge is 0.225 e. The predicted octanol–water partition coefficient (Wildman–Crippen LogP) is 3.47. The molecule has 1 amide bonds. The van der Waals surface area contributed by atoms with E-state index in [0.29, 0.717) is 12.5 Å². The summed E-state index contributed by atoms with van der Waals surface area (Å²) in [5.41, 5.74) is 3.50. The van der Waals surface area contributed by atoms with Gasteiger partial charge in [-0.05, 0) is 43.5 Å². The van der Waals surface area contributed by atoms with E-state index in [9.17, 15) is 4.79 Å². The van der Waals surface area contributed by atoms with E-state index < -0.39 is 0 Å². The molecule has 0 aliphatic carbocycles. The highest BCUT2D eigenvalue weighted by Gasteiger charge is 2.18. The van der Waals surface area contributed by atoms with Gasteiger partial charge in [0, 0.05) is 49.3 Å². The lowest BCUT2D eigenvalue weighted by Gasteiger charge is -2.27. The normalized spacial score (nSPS) is 20.4. The first-order chi connectivity index (χ1) is 11.2. The van der Waals surface area contributed by atoms with E-state index >= 15 is 0 Å². The third kappa shape index (κ3) is 6.65. The molecule has 2 saturated heterocycles. The summed E-state index contributed by atoms with van der Waals surface area (Å²) in [6.45, 7) is 6.47. The molecule has 142 valence electrons. The van der Waals surface area contributed by atoms with E-state index in [4.69, 9.17) is 0 Å². The van der Waals surface area contributed by atoms with Gasteiger partial charge in [0.1, 0.15) is 0 Å². The lowest BCUT2D eigenvalue weighted by molar-refractivity contribution is -0.116. The summed E-state index contributed by atoms with van der Waals surface area (Å²) in [5.74, 6) is 2.58. The van der Waals surface area contributed by atoms with Crippen molar-refractivity contribution in [3.63, 3.8) is 0 Å². The van der Waals surface area contributed by atoms with Crippen molar-refractivity contribution in [2.45, 2.75) is 38.8 Å². The van der Waals surface area contributed by atoms with Crippen LogP contribution < -0.4 is 10.6 Å². The second-order valence-electron chi connectivity index (χ2n) is 6.52. The van der Waals surface area contributed by atoms with Crippen LogP contribution in [0, 0.1) is 6.92 Å². The minimum atomic E-state index is 0. The molecule has 1 unspecified atom stereocenters. The number of halogens is 2. The molecule has 0 aromatic heterocycles. The number of hydrogen-bond acceptors (Lipinski definition) is 4. The lowest BCUT2D eigenvalue weighted by Crippen LogP contribution is -2.32. The lowest BCUT2D eigenvalue weighted by atomic mass is 10.1. The zero-order chi connectivity index (χ0) is 16.1. The van der Waals surface area contributed by atoms with Gasteiger partial charge in [0.15, 0.2) is 0 Å². The molecule has 25 heavy (non-hydrogen) atoms. The van der Waals surface area contributed by atoms with E-state index in [0.717, 1.165) is 38.3 Å². The summed E-state index contributed by atoms with van der Waals surface area (Å²) in [5, 5.41) is 6.50. The summed E-state index contributed by atoms with van der Waals surface area (Å²) in [7, 11) is 0. The molecule has 0 bridgehead atoms. The maximum absolute atomic E-state index is 12.3. The minimum Gasteiger partial charge on any atom is -0.326 e. The molecular formula is C18H29Cl2N3OS. The number of carbonyl (C=O) groups excluding carboxylic acids is 1. The van der Waals surface area contributed by atoms with Crippen LogP contribution in [0.5, 0.6) is 0 Å². The van der Waals surface area contributed by atoms with Crippen LogP contribution in [0.25, 0.3) is 0 Å². The zero-order valence-electron chi connectivity index (χ0n) is 14.8. The number of rotatable bonds is 5. The highest BCUT2D eigenvalue weighted by Crippen LogP contribution is 2.22. The maximum Gasteiger partial charge on any atom is 0.225 e. The van der Waals surface area contributed by atoms with Gasteiger partial charge in [0.05, 0.1) is 0 Å². The number of benzene rings is 1. The Morgan fingerprint density at radius 2 is 2.08 bits per heavy atom. The molecule has 0 spiro atoms. The molecule has 2 N–H and O–H groups in total. The van der Waals surface area contributed by atoms with Crippen LogP contribution in [-0.2, 0) is 11.3 Å². The monoisotopic (exact) mass is 405 g/mol. The first-order valence-electron chi connectivity index (χ1n) is 8.64. The second-order valence-corrected chi connectivity index (χ2v) is 7.75. The third-order valence-electron chi connectivity index (χ3n) is 4.81. The average Bonchev–Trinajstić information content (AvgIpc) is 3.05. The summed E-state index contributed by atoms with van der Waals surface area (Å²) in [6.07, 6.45) is 2.87. The molecule has 2 aliphatic heterocycles. The van der Waals surface area contributed by atoms with Gasteiger partial charge in [0.25, 0.3) is 0 Å². The van der Waals surface area contributed by atoms with E-state index in [1.165, 1.54) is 29.1 Å². The fourth-order valence-electron chi connectivity index (χ4n) is 3.35. The first kappa shape index (κ1) is 22.6. The first-order valence-corrected chi connectivity index (χ1v) is 9.79. The van der Waals surface area contributed by atoms with Crippen molar-refractivity contribution in [3.05, 3.63) is 29.3 Å². The topological polar surface area (TPSA) is 44.4 Å².